The summed E-state index contributed by atoms with van der Waals surface area (Å²) in [6.07, 6.45) is 1.37. The Bertz CT molecular complexity index is 825. The molecular weight excluding hydrogens is 258 g/mol. The SMILES string of the molecule is Cc1ccc(O)c(C(=O)c2cnn3c(N)nnc3c2)c1. The number of nitrogens with zero attached hydrogens (tertiary/aromatic N) is 4. The first-order valence-corrected chi connectivity index (χ1v) is 5.87. The second kappa shape index (κ2) is 4.30. The second-order valence-corrected chi connectivity index (χ2v) is 4.42. The molecule has 0 atom stereocenters. The number of nitrogens with two attached hydrogens (primary N) is 1. The lowest BCUT2D eigenvalue weighted by molar-refractivity contribution is 0.103. The fourth-order valence-corrected chi connectivity index (χ4v) is 1.92. The van der Waals surface area contributed by atoms with E-state index >= 15 is 0 Å². The summed E-state index contributed by atoms with van der Waals surface area (Å²) in [5.41, 5.74) is 7.35. The van der Waals surface area contributed by atoms with Crippen molar-refractivity contribution in [1.29, 1.82) is 0 Å². The molecule has 0 fully saturated rings. The van der Waals surface area contributed by atoms with Gasteiger partial charge < -0.3 is 10.8 Å². The van der Waals surface area contributed by atoms with Crippen LogP contribution in [-0.2, 0) is 0 Å². The maximum absolute atomic E-state index is 12.4. The number of aryl methyl sites for hydroxylation is 1. The summed E-state index contributed by atoms with van der Waals surface area (Å²) in [5, 5.41) is 21.3. The smallest absolute Gasteiger partial charge is 0.243 e. The highest BCUT2D eigenvalue weighted by atomic mass is 16.3. The van der Waals surface area contributed by atoms with E-state index in [1.165, 1.54) is 22.8 Å². The van der Waals surface area contributed by atoms with Crippen molar-refractivity contribution in [3.05, 3.63) is 47.2 Å². The zero-order valence-electron chi connectivity index (χ0n) is 10.6. The molecule has 3 rings (SSSR count). The third-order valence-electron chi connectivity index (χ3n) is 2.94. The molecular formula is C13H11N5O2. The summed E-state index contributed by atoms with van der Waals surface area (Å²) >= 11 is 0. The summed E-state index contributed by atoms with van der Waals surface area (Å²) in [6, 6.07) is 6.37. The number of fused-ring (bicyclic) bond motifs is 1. The highest BCUT2D eigenvalue weighted by Crippen LogP contribution is 2.22. The van der Waals surface area contributed by atoms with Gasteiger partial charge in [-0.2, -0.15) is 9.61 Å². The number of hydrogen-bond donors (Lipinski definition) is 2. The Hall–Kier alpha value is -2.96. The van der Waals surface area contributed by atoms with Crippen LogP contribution in [0.15, 0.2) is 30.5 Å². The minimum absolute atomic E-state index is 0.0681. The summed E-state index contributed by atoms with van der Waals surface area (Å²) in [4.78, 5) is 12.4. The zero-order chi connectivity index (χ0) is 14.3. The van der Waals surface area contributed by atoms with Crippen LogP contribution in [0.2, 0.25) is 0 Å². The number of nitrogen functional groups attached to an aromatic ring is 1. The van der Waals surface area contributed by atoms with Crippen molar-refractivity contribution >= 4 is 17.4 Å². The number of benzene rings is 1. The van der Waals surface area contributed by atoms with E-state index in [1.54, 1.807) is 12.1 Å². The van der Waals surface area contributed by atoms with Crippen LogP contribution in [0.1, 0.15) is 21.5 Å². The molecule has 2 aromatic heterocycles. The van der Waals surface area contributed by atoms with Gasteiger partial charge in [0.15, 0.2) is 11.4 Å². The molecule has 2 heterocycles. The van der Waals surface area contributed by atoms with Crippen molar-refractivity contribution in [2.45, 2.75) is 6.92 Å². The van der Waals surface area contributed by atoms with E-state index in [1.807, 2.05) is 6.92 Å². The molecule has 20 heavy (non-hydrogen) atoms. The number of aromatic hydroxyl groups is 1. The van der Waals surface area contributed by atoms with Crippen LogP contribution in [0.25, 0.3) is 5.65 Å². The zero-order valence-corrected chi connectivity index (χ0v) is 10.6. The molecule has 0 bridgehead atoms. The number of carbonyl (C=O) groups excluding carboxylic acids is 1. The van der Waals surface area contributed by atoms with Crippen LogP contribution >= 0.6 is 0 Å². The number of carbonyl (C=O) groups is 1. The van der Waals surface area contributed by atoms with E-state index in [0.717, 1.165) is 5.56 Å². The van der Waals surface area contributed by atoms with E-state index in [2.05, 4.69) is 15.3 Å². The van der Waals surface area contributed by atoms with Gasteiger partial charge in [0.1, 0.15) is 5.75 Å². The Morgan fingerprint density at radius 2 is 2.10 bits per heavy atom. The van der Waals surface area contributed by atoms with Gasteiger partial charge in [0.2, 0.25) is 5.95 Å². The molecule has 0 radical (unpaired) electrons. The Balaban J connectivity index is 2.10. The van der Waals surface area contributed by atoms with Crippen molar-refractivity contribution in [2.75, 3.05) is 5.73 Å². The van der Waals surface area contributed by atoms with Crippen molar-refractivity contribution in [2.24, 2.45) is 0 Å². The minimum Gasteiger partial charge on any atom is -0.507 e. The topological polar surface area (TPSA) is 106 Å². The van der Waals surface area contributed by atoms with Gasteiger partial charge in [0, 0.05) is 5.56 Å². The standard InChI is InChI=1S/C13H11N5O2/c1-7-2-3-10(19)9(4-7)12(20)8-5-11-16-17-13(14)18(11)15-6-8/h2-6,19H,1H3,(H2,14,17). The average molecular weight is 269 g/mol. The van der Waals surface area contributed by atoms with Crippen molar-refractivity contribution in [3.8, 4) is 5.75 Å². The Morgan fingerprint density at radius 3 is 2.90 bits per heavy atom. The first-order chi connectivity index (χ1) is 9.56. The van der Waals surface area contributed by atoms with Crippen LogP contribution in [0.4, 0.5) is 5.95 Å². The lowest BCUT2D eigenvalue weighted by Crippen LogP contribution is -2.05. The van der Waals surface area contributed by atoms with Gasteiger partial charge in [-0.3, -0.25) is 4.79 Å². The van der Waals surface area contributed by atoms with Gasteiger partial charge in [-0.25, -0.2) is 0 Å². The summed E-state index contributed by atoms with van der Waals surface area (Å²) in [5.74, 6) is -0.248. The minimum atomic E-state index is -0.331. The maximum atomic E-state index is 12.4. The highest BCUT2D eigenvalue weighted by Gasteiger charge is 2.16. The second-order valence-electron chi connectivity index (χ2n) is 4.42. The number of phenols is 1. The van der Waals surface area contributed by atoms with E-state index in [0.29, 0.717) is 11.2 Å². The molecule has 7 heteroatoms. The van der Waals surface area contributed by atoms with Crippen LogP contribution < -0.4 is 5.73 Å². The van der Waals surface area contributed by atoms with Crippen LogP contribution in [-0.4, -0.2) is 30.7 Å². The van der Waals surface area contributed by atoms with Crippen molar-refractivity contribution in [1.82, 2.24) is 19.8 Å². The summed E-state index contributed by atoms with van der Waals surface area (Å²) in [7, 11) is 0. The van der Waals surface area contributed by atoms with E-state index in [9.17, 15) is 9.90 Å². The molecule has 1 aromatic carbocycles. The van der Waals surface area contributed by atoms with Gasteiger partial charge in [-0.05, 0) is 25.1 Å². The number of rotatable bonds is 2. The highest BCUT2D eigenvalue weighted by molar-refractivity contribution is 6.11. The molecule has 0 unspecified atom stereocenters. The van der Waals surface area contributed by atoms with Gasteiger partial charge in [0.25, 0.3) is 0 Å². The number of hydrogen-bond acceptors (Lipinski definition) is 6. The molecule has 0 amide bonds. The molecule has 0 saturated carbocycles. The van der Waals surface area contributed by atoms with Crippen LogP contribution in [0.3, 0.4) is 0 Å². The summed E-state index contributed by atoms with van der Waals surface area (Å²) in [6.45, 7) is 1.84. The van der Waals surface area contributed by atoms with Crippen LogP contribution in [0, 0.1) is 6.92 Å². The molecule has 3 aromatic rings. The molecule has 0 aliphatic heterocycles. The monoisotopic (exact) mass is 269 g/mol. The Morgan fingerprint density at radius 1 is 1.30 bits per heavy atom. The largest absolute Gasteiger partial charge is 0.507 e. The van der Waals surface area contributed by atoms with Gasteiger partial charge in [0.05, 0.1) is 11.8 Å². The van der Waals surface area contributed by atoms with Crippen molar-refractivity contribution in [3.63, 3.8) is 0 Å². The first-order valence-electron chi connectivity index (χ1n) is 5.87. The number of aromatic nitrogens is 4. The van der Waals surface area contributed by atoms with E-state index in [4.69, 9.17) is 5.73 Å². The van der Waals surface area contributed by atoms with E-state index in [-0.39, 0.29) is 23.0 Å². The van der Waals surface area contributed by atoms with Gasteiger partial charge >= 0.3 is 0 Å². The molecule has 0 saturated heterocycles. The number of anilines is 1. The Kier molecular flexibility index (Phi) is 2.60. The normalized spacial score (nSPS) is 10.8. The maximum Gasteiger partial charge on any atom is 0.243 e. The molecule has 0 aliphatic rings. The third-order valence-corrected chi connectivity index (χ3v) is 2.94. The Labute approximate surface area is 113 Å². The molecule has 0 aliphatic carbocycles. The lowest BCUT2D eigenvalue weighted by atomic mass is 10.0. The molecule has 0 spiro atoms. The quantitative estimate of drug-likeness (QED) is 0.671. The fraction of sp³-hybridized carbons (Fsp3) is 0.0769. The summed E-state index contributed by atoms with van der Waals surface area (Å²) < 4.78 is 1.33. The first kappa shape index (κ1) is 12.1. The number of phenolic OH excluding ortho intramolecular Hbond substituents is 1. The molecule has 100 valence electrons. The van der Waals surface area contributed by atoms with Crippen LogP contribution in [0.5, 0.6) is 5.75 Å². The van der Waals surface area contributed by atoms with Crippen molar-refractivity contribution < 1.29 is 9.90 Å². The van der Waals surface area contributed by atoms with Gasteiger partial charge in [-0.1, -0.05) is 11.6 Å². The van der Waals surface area contributed by atoms with E-state index < -0.39 is 0 Å². The molecule has 7 nitrogen and oxygen atoms in total. The predicted octanol–water partition coefficient (Wildman–Crippen LogP) is 0.952. The fourth-order valence-electron chi connectivity index (χ4n) is 1.92. The lowest BCUT2D eigenvalue weighted by Gasteiger charge is -2.05. The average Bonchev–Trinajstić information content (AvgIpc) is 2.82. The third kappa shape index (κ3) is 1.85. The predicted molar refractivity (Wildman–Crippen MR) is 71.5 cm³/mol. The van der Waals surface area contributed by atoms with Gasteiger partial charge in [-0.15, -0.1) is 10.2 Å². The number of ketones is 1. The molecule has 3 N–H and O–H groups in total.